The molecule has 1 fully saturated rings. The minimum Gasteiger partial charge on any atom is -0.357 e. The zero-order valence-electron chi connectivity index (χ0n) is 14.7. The first-order valence-electron chi connectivity index (χ1n) is 8.87. The number of aromatic nitrogens is 2. The highest BCUT2D eigenvalue weighted by molar-refractivity contribution is 9.10. The number of H-pyrrole nitrogens is 1. The van der Waals surface area contributed by atoms with E-state index in [1.54, 1.807) is 6.20 Å². The molecule has 0 aliphatic carbocycles. The minimum absolute atomic E-state index is 0.114. The van der Waals surface area contributed by atoms with Gasteiger partial charge in [0, 0.05) is 22.9 Å². The fraction of sp³-hybridized carbons (Fsp3) is 0.286. The van der Waals surface area contributed by atoms with E-state index in [0.717, 1.165) is 52.9 Å². The highest BCUT2D eigenvalue weighted by Gasteiger charge is 2.31. The van der Waals surface area contributed by atoms with E-state index in [-0.39, 0.29) is 11.2 Å². The molecule has 0 spiro atoms. The standard InChI is InChI=1S/C21H21BrFN3/c1-21(7-10-24-11-8-21)18-13-17(15-6-9-25-19(22)12-15)20(26-18)14-2-4-16(23)5-3-14/h2-6,9,12-13,24,26H,7-8,10-11H2,1H3. The van der Waals surface area contributed by atoms with Gasteiger partial charge >= 0.3 is 0 Å². The van der Waals surface area contributed by atoms with E-state index in [4.69, 9.17) is 0 Å². The smallest absolute Gasteiger partial charge is 0.123 e. The Labute approximate surface area is 161 Å². The number of rotatable bonds is 3. The fourth-order valence-corrected chi connectivity index (χ4v) is 4.03. The van der Waals surface area contributed by atoms with Crippen molar-refractivity contribution in [3.63, 3.8) is 0 Å². The van der Waals surface area contributed by atoms with Crippen molar-refractivity contribution in [1.82, 2.24) is 15.3 Å². The van der Waals surface area contributed by atoms with Gasteiger partial charge in [-0.25, -0.2) is 9.37 Å². The van der Waals surface area contributed by atoms with E-state index < -0.39 is 0 Å². The van der Waals surface area contributed by atoms with Gasteiger partial charge < -0.3 is 10.3 Å². The third-order valence-electron chi connectivity index (χ3n) is 5.35. The molecular formula is C21H21BrFN3. The van der Waals surface area contributed by atoms with Crippen molar-refractivity contribution in [2.45, 2.75) is 25.2 Å². The molecule has 0 atom stereocenters. The topological polar surface area (TPSA) is 40.7 Å². The molecule has 26 heavy (non-hydrogen) atoms. The Morgan fingerprint density at radius 1 is 1.04 bits per heavy atom. The lowest BCUT2D eigenvalue weighted by atomic mass is 9.78. The average Bonchev–Trinajstić information content (AvgIpc) is 3.09. The van der Waals surface area contributed by atoms with Gasteiger partial charge in [0.1, 0.15) is 10.4 Å². The maximum absolute atomic E-state index is 13.4. The zero-order chi connectivity index (χ0) is 18.1. The first-order valence-corrected chi connectivity index (χ1v) is 9.67. The van der Waals surface area contributed by atoms with E-state index in [1.807, 2.05) is 24.3 Å². The number of aromatic amines is 1. The summed E-state index contributed by atoms with van der Waals surface area (Å²) in [4.78, 5) is 7.90. The van der Waals surface area contributed by atoms with Crippen LogP contribution >= 0.6 is 15.9 Å². The summed E-state index contributed by atoms with van der Waals surface area (Å²) in [5, 5.41) is 3.44. The van der Waals surface area contributed by atoms with Crippen LogP contribution in [0.3, 0.4) is 0 Å². The van der Waals surface area contributed by atoms with Gasteiger partial charge in [0.05, 0.1) is 5.69 Å². The van der Waals surface area contributed by atoms with Crippen molar-refractivity contribution in [3.05, 3.63) is 64.8 Å². The maximum Gasteiger partial charge on any atom is 0.123 e. The Bertz CT molecular complexity index is 911. The lowest BCUT2D eigenvalue weighted by Crippen LogP contribution is -2.37. The Morgan fingerprint density at radius 3 is 2.46 bits per heavy atom. The van der Waals surface area contributed by atoms with Gasteiger partial charge in [0.2, 0.25) is 0 Å². The molecular weight excluding hydrogens is 393 g/mol. The first-order chi connectivity index (χ1) is 12.5. The molecule has 1 aromatic carbocycles. The predicted molar refractivity (Wildman–Crippen MR) is 107 cm³/mol. The number of piperidine rings is 1. The number of nitrogens with zero attached hydrogens (tertiary/aromatic N) is 1. The SMILES string of the molecule is CC1(c2cc(-c3ccnc(Br)c3)c(-c3ccc(F)cc3)[nH]2)CCNCC1. The number of hydrogen-bond acceptors (Lipinski definition) is 2. The molecule has 1 aliphatic rings. The van der Waals surface area contributed by atoms with Gasteiger partial charge in [-0.05, 0) is 95.5 Å². The van der Waals surface area contributed by atoms with Crippen LogP contribution in [-0.2, 0) is 5.41 Å². The summed E-state index contributed by atoms with van der Waals surface area (Å²) in [5.41, 5.74) is 5.57. The third kappa shape index (κ3) is 3.33. The molecule has 0 unspecified atom stereocenters. The number of pyridine rings is 1. The second-order valence-electron chi connectivity index (χ2n) is 7.16. The molecule has 1 aliphatic heterocycles. The molecule has 3 aromatic rings. The van der Waals surface area contributed by atoms with Crippen molar-refractivity contribution in [2.24, 2.45) is 0 Å². The van der Waals surface area contributed by atoms with Crippen LogP contribution in [0, 0.1) is 5.82 Å². The van der Waals surface area contributed by atoms with E-state index in [0.29, 0.717) is 0 Å². The van der Waals surface area contributed by atoms with Gasteiger partial charge in [0.25, 0.3) is 0 Å². The van der Waals surface area contributed by atoms with E-state index >= 15 is 0 Å². The second-order valence-corrected chi connectivity index (χ2v) is 7.97. The van der Waals surface area contributed by atoms with Gasteiger partial charge in [-0.15, -0.1) is 0 Å². The summed E-state index contributed by atoms with van der Waals surface area (Å²) >= 11 is 3.46. The quantitative estimate of drug-likeness (QED) is 0.572. The zero-order valence-corrected chi connectivity index (χ0v) is 16.2. The molecule has 3 heterocycles. The van der Waals surface area contributed by atoms with Crippen molar-refractivity contribution in [1.29, 1.82) is 0 Å². The molecule has 0 amide bonds. The number of benzene rings is 1. The minimum atomic E-state index is -0.223. The van der Waals surface area contributed by atoms with E-state index in [9.17, 15) is 4.39 Å². The monoisotopic (exact) mass is 413 g/mol. The maximum atomic E-state index is 13.4. The van der Waals surface area contributed by atoms with Crippen LogP contribution in [-0.4, -0.2) is 23.1 Å². The van der Waals surface area contributed by atoms with Crippen LogP contribution in [0.1, 0.15) is 25.5 Å². The van der Waals surface area contributed by atoms with Crippen LogP contribution in [0.4, 0.5) is 4.39 Å². The number of hydrogen-bond donors (Lipinski definition) is 2. The summed E-state index contributed by atoms with van der Waals surface area (Å²) in [6, 6.07) is 13.0. The Balaban J connectivity index is 1.86. The van der Waals surface area contributed by atoms with Crippen LogP contribution in [0.5, 0.6) is 0 Å². The van der Waals surface area contributed by atoms with Crippen molar-refractivity contribution in [3.8, 4) is 22.4 Å². The Morgan fingerprint density at radius 2 is 1.77 bits per heavy atom. The fourth-order valence-electron chi connectivity index (χ4n) is 3.67. The summed E-state index contributed by atoms with van der Waals surface area (Å²) in [6.45, 7) is 4.37. The van der Waals surface area contributed by atoms with Crippen LogP contribution in [0.15, 0.2) is 53.3 Å². The van der Waals surface area contributed by atoms with Crippen LogP contribution < -0.4 is 5.32 Å². The summed E-state index contributed by atoms with van der Waals surface area (Å²) < 4.78 is 14.2. The predicted octanol–water partition coefficient (Wildman–Crippen LogP) is 5.29. The summed E-state index contributed by atoms with van der Waals surface area (Å²) in [6.07, 6.45) is 3.98. The number of nitrogens with one attached hydrogen (secondary N) is 2. The highest BCUT2D eigenvalue weighted by atomic mass is 79.9. The number of halogens is 2. The van der Waals surface area contributed by atoms with Crippen LogP contribution in [0.25, 0.3) is 22.4 Å². The summed E-state index contributed by atoms with van der Waals surface area (Å²) in [5.74, 6) is -0.223. The molecule has 0 radical (unpaired) electrons. The lowest BCUT2D eigenvalue weighted by molar-refractivity contribution is 0.329. The summed E-state index contributed by atoms with van der Waals surface area (Å²) in [7, 11) is 0. The first kappa shape index (κ1) is 17.4. The second kappa shape index (κ2) is 6.97. The average molecular weight is 414 g/mol. The normalized spacial score (nSPS) is 16.6. The highest BCUT2D eigenvalue weighted by Crippen LogP contribution is 2.40. The van der Waals surface area contributed by atoms with Gasteiger partial charge in [-0.2, -0.15) is 0 Å². The van der Waals surface area contributed by atoms with E-state index in [1.165, 1.54) is 17.8 Å². The van der Waals surface area contributed by atoms with Gasteiger partial charge in [-0.3, -0.25) is 0 Å². The molecule has 3 nitrogen and oxygen atoms in total. The molecule has 4 rings (SSSR count). The van der Waals surface area contributed by atoms with Crippen molar-refractivity contribution < 1.29 is 4.39 Å². The molecule has 0 saturated carbocycles. The molecule has 1 saturated heterocycles. The van der Waals surface area contributed by atoms with Crippen LogP contribution in [0.2, 0.25) is 0 Å². The molecule has 2 N–H and O–H groups in total. The van der Waals surface area contributed by atoms with Crippen molar-refractivity contribution in [2.75, 3.05) is 13.1 Å². The van der Waals surface area contributed by atoms with Gasteiger partial charge in [-0.1, -0.05) is 6.92 Å². The lowest BCUT2D eigenvalue weighted by Gasteiger charge is -2.33. The van der Waals surface area contributed by atoms with Gasteiger partial charge in [0.15, 0.2) is 0 Å². The Kier molecular flexibility index (Phi) is 4.67. The largest absolute Gasteiger partial charge is 0.357 e. The molecule has 2 aromatic heterocycles. The Hall–Kier alpha value is -1.98. The molecule has 0 bridgehead atoms. The molecule has 5 heteroatoms. The van der Waals surface area contributed by atoms with E-state index in [2.05, 4.69) is 44.2 Å². The third-order valence-corrected chi connectivity index (χ3v) is 5.78. The molecule has 134 valence electrons. The van der Waals surface area contributed by atoms with Crippen molar-refractivity contribution >= 4 is 15.9 Å².